The molecule has 0 fully saturated rings. The van der Waals surface area contributed by atoms with Crippen LogP contribution in [-0.2, 0) is 0 Å². The second kappa shape index (κ2) is 7.14. The number of hydrogen-bond donors (Lipinski definition) is 3. The lowest BCUT2D eigenvalue weighted by Gasteiger charge is -2.10. The molecule has 0 aliphatic heterocycles. The molecule has 0 radical (unpaired) electrons. The van der Waals surface area contributed by atoms with Crippen LogP contribution in [0.25, 0.3) is 0 Å². The summed E-state index contributed by atoms with van der Waals surface area (Å²) in [4.78, 5) is 11.2. The van der Waals surface area contributed by atoms with Crippen molar-refractivity contribution in [1.82, 2.24) is 5.32 Å². The van der Waals surface area contributed by atoms with Crippen molar-refractivity contribution in [3.8, 4) is 0 Å². The Labute approximate surface area is 107 Å². The number of carbonyl (C=O) groups is 1. The van der Waals surface area contributed by atoms with Gasteiger partial charge in [-0.3, -0.25) is 4.79 Å². The van der Waals surface area contributed by atoms with Crippen LogP contribution in [0.3, 0.4) is 0 Å². The summed E-state index contributed by atoms with van der Waals surface area (Å²) in [5, 5.41) is 6.99. The lowest BCUT2D eigenvalue weighted by atomic mass is 10.1. The molecule has 0 atom stereocenters. The van der Waals surface area contributed by atoms with Gasteiger partial charge in [-0.15, -0.1) is 0 Å². The second-order valence-corrected chi connectivity index (χ2v) is 4.17. The van der Waals surface area contributed by atoms with Crippen LogP contribution in [0.15, 0.2) is 18.2 Å². The van der Waals surface area contributed by atoms with Crippen LogP contribution >= 0.6 is 11.6 Å². The van der Waals surface area contributed by atoms with Crippen LogP contribution in [0.5, 0.6) is 0 Å². The first-order valence-corrected chi connectivity index (χ1v) is 6.07. The summed E-state index contributed by atoms with van der Waals surface area (Å²) in [6.07, 6.45) is 1.10. The molecule has 17 heavy (non-hydrogen) atoms. The zero-order valence-corrected chi connectivity index (χ0v) is 10.7. The number of primary amides is 1. The summed E-state index contributed by atoms with van der Waals surface area (Å²) >= 11 is 5.88. The fourth-order valence-electron chi connectivity index (χ4n) is 1.46. The van der Waals surface area contributed by atoms with E-state index in [1.54, 1.807) is 18.2 Å². The fourth-order valence-corrected chi connectivity index (χ4v) is 1.64. The minimum Gasteiger partial charge on any atom is -0.383 e. The minimum atomic E-state index is -0.453. The maximum Gasteiger partial charge on any atom is 0.250 e. The van der Waals surface area contributed by atoms with Crippen molar-refractivity contribution >= 4 is 23.2 Å². The Kier molecular flexibility index (Phi) is 5.80. The zero-order valence-electron chi connectivity index (χ0n) is 9.92. The molecule has 94 valence electrons. The van der Waals surface area contributed by atoms with Gasteiger partial charge >= 0.3 is 0 Å². The number of benzene rings is 1. The van der Waals surface area contributed by atoms with E-state index in [0.29, 0.717) is 16.3 Å². The van der Waals surface area contributed by atoms with Crippen LogP contribution in [0.2, 0.25) is 5.02 Å². The molecule has 1 aromatic carbocycles. The van der Waals surface area contributed by atoms with Crippen molar-refractivity contribution in [3.05, 3.63) is 28.8 Å². The van der Waals surface area contributed by atoms with E-state index < -0.39 is 5.91 Å². The smallest absolute Gasteiger partial charge is 0.250 e. The number of rotatable bonds is 7. The summed E-state index contributed by atoms with van der Waals surface area (Å²) in [5.41, 5.74) is 6.43. The summed E-state index contributed by atoms with van der Waals surface area (Å²) < 4.78 is 0. The van der Waals surface area contributed by atoms with Crippen molar-refractivity contribution < 1.29 is 4.79 Å². The molecule has 4 N–H and O–H groups in total. The monoisotopic (exact) mass is 255 g/mol. The van der Waals surface area contributed by atoms with Crippen molar-refractivity contribution in [2.45, 2.75) is 13.3 Å². The molecule has 0 aliphatic rings. The van der Waals surface area contributed by atoms with Crippen molar-refractivity contribution in [1.29, 1.82) is 0 Å². The summed E-state index contributed by atoms with van der Waals surface area (Å²) in [5.74, 6) is -0.453. The maximum absolute atomic E-state index is 11.2. The largest absolute Gasteiger partial charge is 0.383 e. The quantitative estimate of drug-likeness (QED) is 0.652. The van der Waals surface area contributed by atoms with Gasteiger partial charge in [0.2, 0.25) is 0 Å². The highest BCUT2D eigenvalue weighted by Crippen LogP contribution is 2.20. The lowest BCUT2D eigenvalue weighted by molar-refractivity contribution is 0.100. The first-order chi connectivity index (χ1) is 8.15. The van der Waals surface area contributed by atoms with Gasteiger partial charge in [0.25, 0.3) is 5.91 Å². The molecular formula is C12H18ClN3O. The highest BCUT2D eigenvalue weighted by Gasteiger charge is 2.07. The van der Waals surface area contributed by atoms with Gasteiger partial charge < -0.3 is 16.4 Å². The van der Waals surface area contributed by atoms with E-state index in [2.05, 4.69) is 17.6 Å². The third kappa shape index (κ3) is 4.63. The average Bonchev–Trinajstić information content (AvgIpc) is 2.28. The third-order valence-electron chi connectivity index (χ3n) is 2.29. The predicted molar refractivity (Wildman–Crippen MR) is 71.6 cm³/mol. The van der Waals surface area contributed by atoms with Crippen LogP contribution in [0.1, 0.15) is 23.7 Å². The summed E-state index contributed by atoms with van der Waals surface area (Å²) in [6.45, 7) is 4.65. The molecule has 0 unspecified atom stereocenters. The molecule has 5 heteroatoms. The predicted octanol–water partition coefficient (Wildman–Crippen LogP) is 1.85. The number of hydrogen-bond acceptors (Lipinski definition) is 3. The van der Waals surface area contributed by atoms with E-state index >= 15 is 0 Å². The Balaban J connectivity index is 2.56. The number of anilines is 1. The average molecular weight is 256 g/mol. The standard InChI is InChI=1S/C12H18ClN3O/c1-2-5-15-6-7-16-11-8-9(13)3-4-10(11)12(14)17/h3-4,8,15-16H,2,5-7H2,1H3,(H2,14,17). The Morgan fingerprint density at radius 1 is 1.35 bits per heavy atom. The molecule has 0 saturated heterocycles. The van der Waals surface area contributed by atoms with Crippen molar-refractivity contribution in [2.75, 3.05) is 25.0 Å². The van der Waals surface area contributed by atoms with Gasteiger partial charge in [-0.05, 0) is 31.2 Å². The molecule has 0 aliphatic carbocycles. The summed E-state index contributed by atoms with van der Waals surface area (Å²) in [6, 6.07) is 5.00. The van der Waals surface area contributed by atoms with Gasteiger partial charge in [0.1, 0.15) is 0 Å². The van der Waals surface area contributed by atoms with Crippen LogP contribution < -0.4 is 16.4 Å². The maximum atomic E-state index is 11.2. The topological polar surface area (TPSA) is 67.2 Å². The number of nitrogens with one attached hydrogen (secondary N) is 2. The molecule has 0 heterocycles. The Morgan fingerprint density at radius 3 is 2.76 bits per heavy atom. The first-order valence-electron chi connectivity index (χ1n) is 5.69. The van der Waals surface area contributed by atoms with Crippen molar-refractivity contribution in [3.63, 3.8) is 0 Å². The molecule has 1 aromatic rings. The molecule has 0 spiro atoms. The van der Waals surface area contributed by atoms with Crippen molar-refractivity contribution in [2.24, 2.45) is 5.73 Å². The molecule has 0 bridgehead atoms. The zero-order chi connectivity index (χ0) is 12.7. The summed E-state index contributed by atoms with van der Waals surface area (Å²) in [7, 11) is 0. The second-order valence-electron chi connectivity index (χ2n) is 3.73. The Bertz CT molecular complexity index is 382. The van der Waals surface area contributed by atoms with Gasteiger partial charge in [-0.1, -0.05) is 18.5 Å². The van der Waals surface area contributed by atoms with Crippen LogP contribution in [0, 0.1) is 0 Å². The van der Waals surface area contributed by atoms with Crippen LogP contribution in [-0.4, -0.2) is 25.5 Å². The fraction of sp³-hybridized carbons (Fsp3) is 0.417. The van der Waals surface area contributed by atoms with Gasteiger partial charge in [-0.25, -0.2) is 0 Å². The molecular weight excluding hydrogens is 238 g/mol. The van der Waals surface area contributed by atoms with E-state index in [0.717, 1.165) is 26.1 Å². The van der Waals surface area contributed by atoms with Gasteiger partial charge in [0, 0.05) is 23.8 Å². The van der Waals surface area contributed by atoms with E-state index in [1.807, 2.05) is 0 Å². The highest BCUT2D eigenvalue weighted by atomic mass is 35.5. The number of amides is 1. The van der Waals surface area contributed by atoms with E-state index in [9.17, 15) is 4.79 Å². The molecule has 0 saturated carbocycles. The first kappa shape index (κ1) is 13.8. The van der Waals surface area contributed by atoms with E-state index in [-0.39, 0.29) is 0 Å². The minimum absolute atomic E-state index is 0.453. The van der Waals surface area contributed by atoms with Gasteiger partial charge in [-0.2, -0.15) is 0 Å². The molecule has 0 aromatic heterocycles. The number of halogens is 1. The highest BCUT2D eigenvalue weighted by molar-refractivity contribution is 6.31. The van der Waals surface area contributed by atoms with Gasteiger partial charge in [0.15, 0.2) is 0 Å². The third-order valence-corrected chi connectivity index (χ3v) is 2.53. The van der Waals surface area contributed by atoms with E-state index in [1.165, 1.54) is 0 Å². The Morgan fingerprint density at radius 2 is 2.12 bits per heavy atom. The normalized spacial score (nSPS) is 10.2. The number of nitrogens with two attached hydrogens (primary N) is 1. The lowest BCUT2D eigenvalue weighted by Crippen LogP contribution is -2.24. The molecule has 4 nitrogen and oxygen atoms in total. The van der Waals surface area contributed by atoms with Crippen LogP contribution in [0.4, 0.5) is 5.69 Å². The SMILES string of the molecule is CCCNCCNc1cc(Cl)ccc1C(N)=O. The Hall–Kier alpha value is -1.26. The van der Waals surface area contributed by atoms with E-state index in [4.69, 9.17) is 17.3 Å². The van der Waals surface area contributed by atoms with Gasteiger partial charge in [0.05, 0.1) is 5.56 Å². The molecule has 1 rings (SSSR count). The number of carbonyl (C=O) groups excluding carboxylic acids is 1. The molecule has 1 amide bonds.